The minimum Gasteiger partial charge on any atom is -0.501 e. The van der Waals surface area contributed by atoms with Gasteiger partial charge in [-0.15, -0.1) is 0 Å². The van der Waals surface area contributed by atoms with Gasteiger partial charge in [0, 0.05) is 12.0 Å². The Morgan fingerprint density at radius 2 is 2.06 bits per heavy atom. The quantitative estimate of drug-likeness (QED) is 0.776. The lowest BCUT2D eigenvalue weighted by atomic mass is 9.99. The van der Waals surface area contributed by atoms with Gasteiger partial charge in [-0.2, -0.15) is 0 Å². The van der Waals surface area contributed by atoms with Crippen LogP contribution in [0.5, 0.6) is 0 Å². The molecule has 84 valence electrons. The molecule has 2 rings (SSSR count). The Kier molecular flexibility index (Phi) is 3.40. The molecule has 2 nitrogen and oxygen atoms in total. The van der Waals surface area contributed by atoms with Crippen molar-refractivity contribution in [1.29, 1.82) is 0 Å². The predicted molar refractivity (Wildman–Crippen MR) is 63.2 cm³/mol. The molecule has 1 heterocycles. The van der Waals surface area contributed by atoms with E-state index in [0.29, 0.717) is 6.42 Å². The maximum atomic E-state index is 11.9. The van der Waals surface area contributed by atoms with Crippen LogP contribution >= 0.6 is 0 Å². The van der Waals surface area contributed by atoms with Crippen LogP contribution in [-0.2, 0) is 16.0 Å². The van der Waals surface area contributed by atoms with E-state index >= 15 is 0 Å². The normalized spacial score (nSPS) is 15.2. The van der Waals surface area contributed by atoms with Crippen molar-refractivity contribution in [2.45, 2.75) is 26.2 Å². The van der Waals surface area contributed by atoms with Crippen LogP contribution in [0.25, 0.3) is 0 Å². The number of carbonyl (C=O) groups excluding carboxylic acids is 1. The standard InChI is InChI=1S/C14H16O2/c1-11-4-6-12(7-5-11)9-14(15)13-3-2-8-16-10-13/h4-7,10H,2-3,8-9H2,1H3. The molecule has 0 atom stereocenters. The number of ether oxygens (including phenoxy) is 1. The molecule has 0 N–H and O–H groups in total. The minimum absolute atomic E-state index is 0.184. The van der Waals surface area contributed by atoms with Gasteiger partial charge in [-0.3, -0.25) is 4.79 Å². The fourth-order valence-corrected chi connectivity index (χ4v) is 1.77. The van der Waals surface area contributed by atoms with E-state index in [9.17, 15) is 4.79 Å². The van der Waals surface area contributed by atoms with E-state index in [4.69, 9.17) is 4.74 Å². The number of allylic oxidation sites excluding steroid dienone is 1. The van der Waals surface area contributed by atoms with Crippen LogP contribution in [-0.4, -0.2) is 12.4 Å². The molecule has 0 aliphatic carbocycles. The molecule has 2 heteroatoms. The zero-order valence-corrected chi connectivity index (χ0v) is 9.53. The zero-order valence-electron chi connectivity index (χ0n) is 9.53. The van der Waals surface area contributed by atoms with E-state index in [-0.39, 0.29) is 5.78 Å². The van der Waals surface area contributed by atoms with Crippen molar-refractivity contribution in [3.8, 4) is 0 Å². The first-order valence-electron chi connectivity index (χ1n) is 5.65. The Labute approximate surface area is 95.9 Å². The van der Waals surface area contributed by atoms with Gasteiger partial charge in [0.15, 0.2) is 5.78 Å². The van der Waals surface area contributed by atoms with Crippen LogP contribution in [0.15, 0.2) is 36.1 Å². The third-order valence-corrected chi connectivity index (χ3v) is 2.78. The molecular formula is C14H16O2. The molecule has 0 aromatic heterocycles. The minimum atomic E-state index is 0.184. The van der Waals surface area contributed by atoms with Gasteiger partial charge < -0.3 is 4.74 Å². The van der Waals surface area contributed by atoms with E-state index in [1.165, 1.54) is 5.56 Å². The van der Waals surface area contributed by atoms with E-state index in [1.807, 2.05) is 31.2 Å². The SMILES string of the molecule is Cc1ccc(CC(=O)C2=COCCC2)cc1. The number of aryl methyl sites for hydroxylation is 1. The molecule has 0 unspecified atom stereocenters. The van der Waals surface area contributed by atoms with Gasteiger partial charge in [0.2, 0.25) is 0 Å². The van der Waals surface area contributed by atoms with Crippen molar-refractivity contribution in [2.24, 2.45) is 0 Å². The van der Waals surface area contributed by atoms with Gasteiger partial charge in [-0.25, -0.2) is 0 Å². The van der Waals surface area contributed by atoms with Crippen molar-refractivity contribution < 1.29 is 9.53 Å². The Bertz CT molecular complexity index is 401. The number of benzene rings is 1. The summed E-state index contributed by atoms with van der Waals surface area (Å²) in [6.07, 6.45) is 3.91. The smallest absolute Gasteiger partial charge is 0.166 e. The number of hydrogen-bond donors (Lipinski definition) is 0. The summed E-state index contributed by atoms with van der Waals surface area (Å²) < 4.78 is 5.18. The first kappa shape index (κ1) is 10.9. The second-order valence-electron chi connectivity index (χ2n) is 4.20. The molecule has 0 radical (unpaired) electrons. The number of carbonyl (C=O) groups is 1. The summed E-state index contributed by atoms with van der Waals surface area (Å²) in [7, 11) is 0. The topological polar surface area (TPSA) is 26.3 Å². The molecule has 0 amide bonds. The Morgan fingerprint density at radius 3 is 2.69 bits per heavy atom. The highest BCUT2D eigenvalue weighted by atomic mass is 16.5. The molecule has 0 saturated heterocycles. The summed E-state index contributed by atoms with van der Waals surface area (Å²) in [5, 5.41) is 0. The summed E-state index contributed by atoms with van der Waals surface area (Å²) in [5.41, 5.74) is 3.12. The van der Waals surface area contributed by atoms with E-state index in [2.05, 4.69) is 0 Å². The summed E-state index contributed by atoms with van der Waals surface area (Å²) in [6, 6.07) is 8.09. The maximum absolute atomic E-state index is 11.9. The first-order valence-corrected chi connectivity index (χ1v) is 5.65. The molecule has 0 fully saturated rings. The third kappa shape index (κ3) is 2.72. The number of hydrogen-bond acceptors (Lipinski definition) is 2. The van der Waals surface area contributed by atoms with Crippen LogP contribution in [0.3, 0.4) is 0 Å². The summed E-state index contributed by atoms with van der Waals surface area (Å²) >= 11 is 0. The van der Waals surface area contributed by atoms with Crippen molar-refractivity contribution in [3.63, 3.8) is 0 Å². The largest absolute Gasteiger partial charge is 0.501 e. The zero-order chi connectivity index (χ0) is 11.4. The van der Waals surface area contributed by atoms with Gasteiger partial charge >= 0.3 is 0 Å². The molecule has 1 aliphatic heterocycles. The molecule has 1 aromatic carbocycles. The molecule has 0 saturated carbocycles. The molecule has 0 bridgehead atoms. The maximum Gasteiger partial charge on any atom is 0.166 e. The van der Waals surface area contributed by atoms with Crippen LogP contribution in [0.4, 0.5) is 0 Å². The highest BCUT2D eigenvalue weighted by Gasteiger charge is 2.13. The molecule has 1 aliphatic rings. The monoisotopic (exact) mass is 216 g/mol. The van der Waals surface area contributed by atoms with Crippen LogP contribution < -0.4 is 0 Å². The molecule has 0 spiro atoms. The number of ketones is 1. The lowest BCUT2D eigenvalue weighted by Crippen LogP contribution is -2.11. The molecule has 16 heavy (non-hydrogen) atoms. The molecular weight excluding hydrogens is 200 g/mol. The highest BCUT2D eigenvalue weighted by molar-refractivity contribution is 5.96. The Hall–Kier alpha value is -1.57. The van der Waals surface area contributed by atoms with E-state index < -0.39 is 0 Å². The third-order valence-electron chi connectivity index (χ3n) is 2.78. The lowest BCUT2D eigenvalue weighted by molar-refractivity contribution is -0.115. The Balaban J connectivity index is 2.01. The summed E-state index contributed by atoms with van der Waals surface area (Å²) in [5.74, 6) is 0.184. The second-order valence-corrected chi connectivity index (χ2v) is 4.20. The van der Waals surface area contributed by atoms with Gasteiger partial charge in [-0.05, 0) is 25.3 Å². The van der Waals surface area contributed by atoms with Gasteiger partial charge in [0.05, 0.1) is 12.9 Å². The number of Topliss-reactive ketones (excluding diaryl/α,β-unsaturated/α-hetero) is 1. The van der Waals surface area contributed by atoms with Crippen molar-refractivity contribution in [2.75, 3.05) is 6.61 Å². The fraction of sp³-hybridized carbons (Fsp3) is 0.357. The van der Waals surface area contributed by atoms with E-state index in [1.54, 1.807) is 6.26 Å². The van der Waals surface area contributed by atoms with Gasteiger partial charge in [0.25, 0.3) is 0 Å². The second kappa shape index (κ2) is 4.97. The predicted octanol–water partition coefficient (Wildman–Crippen LogP) is 2.80. The van der Waals surface area contributed by atoms with Crippen molar-refractivity contribution >= 4 is 5.78 Å². The fourth-order valence-electron chi connectivity index (χ4n) is 1.77. The van der Waals surface area contributed by atoms with E-state index in [0.717, 1.165) is 30.6 Å². The van der Waals surface area contributed by atoms with Crippen LogP contribution in [0.2, 0.25) is 0 Å². The van der Waals surface area contributed by atoms with Crippen molar-refractivity contribution in [1.82, 2.24) is 0 Å². The first-order chi connectivity index (χ1) is 7.75. The summed E-state index contributed by atoms with van der Waals surface area (Å²) in [4.78, 5) is 11.9. The van der Waals surface area contributed by atoms with Crippen molar-refractivity contribution in [3.05, 3.63) is 47.2 Å². The van der Waals surface area contributed by atoms with Gasteiger partial charge in [-0.1, -0.05) is 29.8 Å². The average Bonchev–Trinajstić information content (AvgIpc) is 2.33. The van der Waals surface area contributed by atoms with Gasteiger partial charge in [0.1, 0.15) is 0 Å². The summed E-state index contributed by atoms with van der Waals surface area (Å²) in [6.45, 7) is 2.78. The van der Waals surface area contributed by atoms with Crippen LogP contribution in [0, 0.1) is 6.92 Å². The number of rotatable bonds is 3. The Morgan fingerprint density at radius 1 is 1.31 bits per heavy atom. The molecule has 1 aromatic rings. The average molecular weight is 216 g/mol. The highest BCUT2D eigenvalue weighted by Crippen LogP contribution is 2.15. The lowest BCUT2D eigenvalue weighted by Gasteiger charge is -2.12. The van der Waals surface area contributed by atoms with Crippen LogP contribution in [0.1, 0.15) is 24.0 Å².